The Labute approximate surface area is 89.2 Å². The van der Waals surface area contributed by atoms with Gasteiger partial charge in [0.05, 0.1) is 0 Å². The van der Waals surface area contributed by atoms with Crippen LogP contribution < -0.4 is 10.9 Å². The van der Waals surface area contributed by atoms with E-state index in [1.54, 1.807) is 6.20 Å². The van der Waals surface area contributed by atoms with Crippen molar-refractivity contribution in [3.05, 3.63) is 24.4 Å². The van der Waals surface area contributed by atoms with Gasteiger partial charge in [-0.25, -0.2) is 4.98 Å². The van der Waals surface area contributed by atoms with E-state index in [1.165, 1.54) is 0 Å². The number of anilines is 1. The summed E-state index contributed by atoms with van der Waals surface area (Å²) in [6.07, 6.45) is 3.92. The minimum absolute atomic E-state index is 0. The summed E-state index contributed by atoms with van der Waals surface area (Å²) < 4.78 is 0. The third-order valence-electron chi connectivity index (χ3n) is 1.87. The van der Waals surface area contributed by atoms with Crippen molar-refractivity contribution < 1.29 is 0 Å². The molecule has 2 rings (SSSR count). The highest BCUT2D eigenvalue weighted by Gasteiger charge is 2.04. The average molecular weight is 213 g/mol. The molecule has 2 N–H and O–H groups in total. The van der Waals surface area contributed by atoms with Gasteiger partial charge in [-0.3, -0.25) is 15.8 Å². The van der Waals surface area contributed by atoms with Crippen molar-refractivity contribution in [3.8, 4) is 0 Å². The molecular formula is C9H13ClN4. The molecule has 0 aliphatic carbocycles. The highest BCUT2D eigenvalue weighted by molar-refractivity contribution is 5.85. The fraction of sp³-hybridized carbons (Fsp3) is 0.333. The van der Waals surface area contributed by atoms with Gasteiger partial charge in [-0.1, -0.05) is 6.07 Å². The molecule has 0 aromatic carbocycles. The molecule has 1 aromatic heterocycles. The summed E-state index contributed by atoms with van der Waals surface area (Å²) in [7, 11) is 0. The van der Waals surface area contributed by atoms with Gasteiger partial charge in [0.1, 0.15) is 11.7 Å². The third kappa shape index (κ3) is 2.88. The maximum Gasteiger partial charge on any atom is 0.144 e. The van der Waals surface area contributed by atoms with Crippen molar-refractivity contribution in [1.82, 2.24) is 10.4 Å². The van der Waals surface area contributed by atoms with Crippen LogP contribution in [0.1, 0.15) is 12.8 Å². The molecule has 0 unspecified atom stereocenters. The molecule has 5 heteroatoms. The number of nitrogens with zero attached hydrogens (tertiary/aromatic N) is 2. The van der Waals surface area contributed by atoms with E-state index in [1.807, 2.05) is 18.2 Å². The summed E-state index contributed by atoms with van der Waals surface area (Å²) in [4.78, 5) is 8.38. The van der Waals surface area contributed by atoms with Crippen LogP contribution in [0.4, 0.5) is 5.82 Å². The second-order valence-electron chi connectivity index (χ2n) is 2.90. The number of hydrazine groups is 1. The molecule has 1 aliphatic rings. The lowest BCUT2D eigenvalue weighted by Gasteiger charge is -2.07. The zero-order chi connectivity index (χ0) is 8.93. The van der Waals surface area contributed by atoms with Crippen LogP contribution in [0.2, 0.25) is 0 Å². The lowest BCUT2D eigenvalue weighted by Crippen LogP contribution is -2.28. The van der Waals surface area contributed by atoms with E-state index in [0.717, 1.165) is 31.0 Å². The molecule has 2 heterocycles. The van der Waals surface area contributed by atoms with Gasteiger partial charge in [0.15, 0.2) is 0 Å². The third-order valence-corrected chi connectivity index (χ3v) is 1.87. The number of pyridine rings is 1. The van der Waals surface area contributed by atoms with Gasteiger partial charge in [0.25, 0.3) is 0 Å². The Balaban J connectivity index is 0.000000980. The van der Waals surface area contributed by atoms with Gasteiger partial charge in [0.2, 0.25) is 0 Å². The first-order chi connectivity index (χ1) is 6.45. The van der Waals surface area contributed by atoms with Crippen LogP contribution in [0.25, 0.3) is 0 Å². The van der Waals surface area contributed by atoms with Gasteiger partial charge in [-0.05, 0) is 18.6 Å². The van der Waals surface area contributed by atoms with Crippen molar-refractivity contribution >= 4 is 24.1 Å². The standard InChI is InChI=1S/C9H12N4.ClH/c1-2-6-10-8(4-1)12-13-9-5-3-7-11-9;/h1-2,4,6H,3,5,7H2,(H,10,12)(H,11,13);1H. The molecule has 14 heavy (non-hydrogen) atoms. The van der Waals surface area contributed by atoms with E-state index in [0.29, 0.717) is 0 Å². The summed E-state index contributed by atoms with van der Waals surface area (Å²) in [5, 5.41) is 0. The Morgan fingerprint density at radius 2 is 2.14 bits per heavy atom. The molecule has 0 atom stereocenters. The van der Waals surface area contributed by atoms with Crippen LogP contribution in [0.5, 0.6) is 0 Å². The summed E-state index contributed by atoms with van der Waals surface area (Å²) in [6, 6.07) is 5.73. The topological polar surface area (TPSA) is 49.3 Å². The van der Waals surface area contributed by atoms with Crippen LogP contribution >= 0.6 is 12.4 Å². The molecule has 0 spiro atoms. The van der Waals surface area contributed by atoms with Gasteiger partial charge in [0, 0.05) is 19.2 Å². The Kier molecular flexibility index (Phi) is 4.19. The maximum atomic E-state index is 4.27. The molecule has 0 amide bonds. The number of amidine groups is 1. The minimum atomic E-state index is 0. The summed E-state index contributed by atoms with van der Waals surface area (Å²) >= 11 is 0. The number of hydrogen-bond acceptors (Lipinski definition) is 4. The van der Waals surface area contributed by atoms with Gasteiger partial charge in [-0.15, -0.1) is 12.4 Å². The van der Waals surface area contributed by atoms with Crippen molar-refractivity contribution in [2.75, 3.05) is 12.0 Å². The number of halogens is 1. The van der Waals surface area contributed by atoms with Crippen molar-refractivity contribution in [3.63, 3.8) is 0 Å². The number of aliphatic imine (C=N–C) groups is 1. The van der Waals surface area contributed by atoms with Crippen LogP contribution in [0.3, 0.4) is 0 Å². The molecule has 0 radical (unpaired) electrons. The molecule has 76 valence electrons. The van der Waals surface area contributed by atoms with Crippen molar-refractivity contribution in [2.45, 2.75) is 12.8 Å². The Morgan fingerprint density at radius 3 is 2.79 bits per heavy atom. The van der Waals surface area contributed by atoms with Crippen LogP contribution in [-0.4, -0.2) is 17.4 Å². The zero-order valence-corrected chi connectivity index (χ0v) is 8.55. The SMILES string of the molecule is Cl.c1ccc(NNC2=NCCC2)nc1. The first-order valence-corrected chi connectivity index (χ1v) is 4.41. The molecule has 0 bridgehead atoms. The smallest absolute Gasteiger partial charge is 0.144 e. The normalized spacial score (nSPS) is 14.1. The van der Waals surface area contributed by atoms with Crippen molar-refractivity contribution in [2.24, 2.45) is 4.99 Å². The van der Waals surface area contributed by atoms with Gasteiger partial charge in [-0.2, -0.15) is 0 Å². The van der Waals surface area contributed by atoms with E-state index in [2.05, 4.69) is 20.8 Å². The fourth-order valence-electron chi connectivity index (χ4n) is 1.21. The molecule has 4 nitrogen and oxygen atoms in total. The average Bonchev–Trinajstić information content (AvgIpc) is 2.69. The van der Waals surface area contributed by atoms with E-state index >= 15 is 0 Å². The highest BCUT2D eigenvalue weighted by atomic mass is 35.5. The summed E-state index contributed by atoms with van der Waals surface area (Å²) in [6.45, 7) is 0.937. The Bertz CT molecular complexity index is 299. The second kappa shape index (κ2) is 5.44. The predicted molar refractivity (Wildman–Crippen MR) is 59.8 cm³/mol. The second-order valence-corrected chi connectivity index (χ2v) is 2.90. The predicted octanol–water partition coefficient (Wildman–Crippen LogP) is 1.61. The first-order valence-electron chi connectivity index (χ1n) is 4.41. The van der Waals surface area contributed by atoms with Crippen LogP contribution in [-0.2, 0) is 0 Å². The fourth-order valence-corrected chi connectivity index (χ4v) is 1.21. The quantitative estimate of drug-likeness (QED) is 0.733. The molecule has 1 aromatic rings. The van der Waals surface area contributed by atoms with Crippen LogP contribution in [0, 0.1) is 0 Å². The monoisotopic (exact) mass is 212 g/mol. The number of rotatable bonds is 2. The molecule has 0 saturated heterocycles. The Hall–Kier alpha value is -1.29. The maximum absolute atomic E-state index is 4.27. The summed E-state index contributed by atoms with van der Waals surface area (Å²) in [5.74, 6) is 1.84. The van der Waals surface area contributed by atoms with E-state index < -0.39 is 0 Å². The molecule has 1 aliphatic heterocycles. The van der Waals surface area contributed by atoms with E-state index in [9.17, 15) is 0 Å². The summed E-state index contributed by atoms with van der Waals surface area (Å²) in [5.41, 5.74) is 6.03. The van der Waals surface area contributed by atoms with E-state index in [4.69, 9.17) is 0 Å². The van der Waals surface area contributed by atoms with Gasteiger partial charge >= 0.3 is 0 Å². The van der Waals surface area contributed by atoms with Crippen molar-refractivity contribution in [1.29, 1.82) is 0 Å². The number of hydrogen-bond donors (Lipinski definition) is 2. The van der Waals surface area contributed by atoms with Gasteiger partial charge < -0.3 is 0 Å². The van der Waals surface area contributed by atoms with Crippen LogP contribution in [0.15, 0.2) is 29.4 Å². The minimum Gasteiger partial charge on any atom is -0.287 e. The largest absolute Gasteiger partial charge is 0.287 e. The Morgan fingerprint density at radius 1 is 1.21 bits per heavy atom. The number of nitrogens with one attached hydrogen (secondary N) is 2. The molecule has 0 saturated carbocycles. The zero-order valence-electron chi connectivity index (χ0n) is 7.73. The number of aromatic nitrogens is 1. The highest BCUT2D eigenvalue weighted by Crippen LogP contribution is 2.02. The first kappa shape index (κ1) is 10.8. The van der Waals surface area contributed by atoms with E-state index in [-0.39, 0.29) is 12.4 Å². The lowest BCUT2D eigenvalue weighted by molar-refractivity contribution is 0.943. The molecular weight excluding hydrogens is 200 g/mol. The lowest BCUT2D eigenvalue weighted by atomic mass is 10.3. The molecule has 0 fully saturated rings.